The Morgan fingerprint density at radius 3 is 2.88 bits per heavy atom. The molecule has 1 fully saturated rings. The van der Waals surface area contributed by atoms with Gasteiger partial charge in [0.25, 0.3) is 5.91 Å². The maximum atomic E-state index is 14.7. The number of ether oxygens (including phenoxy) is 1. The topological polar surface area (TPSA) is 83.6 Å². The van der Waals surface area contributed by atoms with E-state index < -0.39 is 11.6 Å². The molecule has 176 valence electrons. The minimum Gasteiger partial charge on any atom is -0.373 e. The zero-order chi connectivity index (χ0) is 23.7. The van der Waals surface area contributed by atoms with Gasteiger partial charge in [-0.25, -0.2) is 9.37 Å². The van der Waals surface area contributed by atoms with E-state index in [-0.39, 0.29) is 19.1 Å². The second-order valence-electron chi connectivity index (χ2n) is 8.72. The first-order valence-electron chi connectivity index (χ1n) is 11.2. The number of hydrogen-bond donors (Lipinski definition) is 2. The molecule has 0 bridgehead atoms. The van der Waals surface area contributed by atoms with Crippen molar-refractivity contribution in [2.24, 2.45) is 0 Å². The standard InChI is InChI=1S/C25H25FN4O3S/c1-25(26)15-33-13-18-7-6-17(11-20(18)25)23(32)27-12-22(31)29-24-28-21(14-34-24)16-4-2-5-19(10-16)30-8-3-9-30/h2,4-7,10-11,14H,3,8-9,12-13,15H2,1H3,(H,27,32)(H,28,29,31). The second-order valence-corrected chi connectivity index (χ2v) is 9.58. The van der Waals surface area contributed by atoms with Crippen molar-refractivity contribution in [3.8, 4) is 11.3 Å². The zero-order valence-corrected chi connectivity index (χ0v) is 19.6. The van der Waals surface area contributed by atoms with E-state index in [0.29, 0.717) is 22.9 Å². The Balaban J connectivity index is 1.18. The zero-order valence-electron chi connectivity index (χ0n) is 18.8. The highest BCUT2D eigenvalue weighted by molar-refractivity contribution is 7.14. The number of carbonyl (C=O) groups excluding carboxylic acids is 2. The van der Waals surface area contributed by atoms with Crippen LogP contribution in [0.3, 0.4) is 0 Å². The summed E-state index contributed by atoms with van der Waals surface area (Å²) in [6.45, 7) is 3.62. The van der Waals surface area contributed by atoms with Gasteiger partial charge in [0.2, 0.25) is 5.91 Å². The van der Waals surface area contributed by atoms with E-state index in [1.807, 2.05) is 17.5 Å². The molecule has 34 heavy (non-hydrogen) atoms. The highest BCUT2D eigenvalue weighted by atomic mass is 32.1. The van der Waals surface area contributed by atoms with Crippen LogP contribution in [-0.2, 0) is 21.8 Å². The van der Waals surface area contributed by atoms with Gasteiger partial charge in [-0.15, -0.1) is 11.3 Å². The van der Waals surface area contributed by atoms with Crippen LogP contribution >= 0.6 is 11.3 Å². The summed E-state index contributed by atoms with van der Waals surface area (Å²) in [5.74, 6) is -0.826. The molecule has 3 aromatic rings. The average molecular weight is 481 g/mol. The van der Waals surface area contributed by atoms with Crippen LogP contribution in [0.25, 0.3) is 11.3 Å². The second kappa shape index (κ2) is 9.15. The third-order valence-corrected chi connectivity index (χ3v) is 6.85. The molecule has 7 nitrogen and oxygen atoms in total. The van der Waals surface area contributed by atoms with Crippen molar-refractivity contribution in [3.63, 3.8) is 0 Å². The van der Waals surface area contributed by atoms with Crippen molar-refractivity contribution in [1.82, 2.24) is 10.3 Å². The van der Waals surface area contributed by atoms with Crippen LogP contribution in [0.15, 0.2) is 47.8 Å². The van der Waals surface area contributed by atoms with E-state index in [1.165, 1.54) is 36.4 Å². The molecule has 0 aliphatic carbocycles. The molecule has 2 aromatic carbocycles. The first-order chi connectivity index (χ1) is 16.4. The Hall–Kier alpha value is -3.30. The van der Waals surface area contributed by atoms with Gasteiger partial charge in [-0.2, -0.15) is 0 Å². The molecular weight excluding hydrogens is 455 g/mol. The first-order valence-corrected chi connectivity index (χ1v) is 12.1. The highest BCUT2D eigenvalue weighted by Crippen LogP contribution is 2.34. The van der Waals surface area contributed by atoms with Gasteiger partial charge in [-0.1, -0.05) is 18.2 Å². The SMILES string of the molecule is CC1(F)COCc2ccc(C(=O)NCC(=O)Nc3nc(-c4cccc(N5CCC5)c4)cs3)cc21. The summed E-state index contributed by atoms with van der Waals surface area (Å²) in [6.07, 6.45) is 1.21. The number of fused-ring (bicyclic) bond motifs is 1. The minimum atomic E-state index is -1.65. The van der Waals surface area contributed by atoms with E-state index in [9.17, 15) is 14.0 Å². The average Bonchev–Trinajstić information content (AvgIpc) is 3.25. The number of nitrogens with one attached hydrogen (secondary N) is 2. The minimum absolute atomic E-state index is 0.0498. The number of amides is 2. The van der Waals surface area contributed by atoms with Crippen LogP contribution in [0.5, 0.6) is 0 Å². The fraction of sp³-hybridized carbons (Fsp3) is 0.320. The van der Waals surface area contributed by atoms with Gasteiger partial charge in [0.1, 0.15) is 0 Å². The Kier molecular flexibility index (Phi) is 6.05. The number of hydrogen-bond acceptors (Lipinski definition) is 6. The molecule has 0 saturated carbocycles. The van der Waals surface area contributed by atoms with E-state index in [1.54, 1.807) is 12.1 Å². The van der Waals surface area contributed by atoms with Crippen molar-refractivity contribution >= 4 is 34.0 Å². The lowest BCUT2D eigenvalue weighted by atomic mass is 9.90. The Bertz CT molecular complexity index is 1240. The summed E-state index contributed by atoms with van der Waals surface area (Å²) < 4.78 is 20.0. The molecule has 2 N–H and O–H groups in total. The largest absolute Gasteiger partial charge is 0.373 e. The van der Waals surface area contributed by atoms with Crippen LogP contribution in [0.1, 0.15) is 34.8 Å². The molecule has 2 amide bonds. The fourth-order valence-electron chi connectivity index (χ4n) is 4.09. The lowest BCUT2D eigenvalue weighted by Crippen LogP contribution is -2.36. The predicted molar refractivity (Wildman–Crippen MR) is 130 cm³/mol. The predicted octanol–water partition coefficient (Wildman–Crippen LogP) is 4.10. The number of rotatable bonds is 6. The maximum Gasteiger partial charge on any atom is 0.251 e. The molecule has 1 saturated heterocycles. The molecule has 0 radical (unpaired) electrons. The third-order valence-electron chi connectivity index (χ3n) is 6.09. The van der Waals surface area contributed by atoms with E-state index in [4.69, 9.17) is 4.74 Å². The van der Waals surface area contributed by atoms with Gasteiger partial charge in [0, 0.05) is 35.3 Å². The Labute approximate surface area is 201 Å². The summed E-state index contributed by atoms with van der Waals surface area (Å²) in [7, 11) is 0. The number of nitrogens with zero attached hydrogens (tertiary/aromatic N) is 2. The van der Waals surface area contributed by atoms with Crippen LogP contribution in [0.4, 0.5) is 15.2 Å². The third kappa shape index (κ3) is 4.67. The van der Waals surface area contributed by atoms with Gasteiger partial charge >= 0.3 is 0 Å². The van der Waals surface area contributed by atoms with Crippen molar-refractivity contribution in [1.29, 1.82) is 0 Å². The summed E-state index contributed by atoms with van der Waals surface area (Å²) in [5.41, 5.74) is 2.78. The summed E-state index contributed by atoms with van der Waals surface area (Å²) in [4.78, 5) is 31.7. The molecule has 3 heterocycles. The number of alkyl halides is 1. The molecule has 0 spiro atoms. The number of aromatic nitrogens is 1. The Morgan fingerprint density at radius 2 is 2.09 bits per heavy atom. The molecule has 1 atom stereocenters. The first kappa shape index (κ1) is 22.5. The van der Waals surface area contributed by atoms with Gasteiger partial charge in [-0.05, 0) is 48.7 Å². The number of anilines is 2. The lowest BCUT2D eigenvalue weighted by molar-refractivity contribution is -0.115. The molecular formula is C25H25FN4O3S. The molecule has 2 aliphatic rings. The van der Waals surface area contributed by atoms with Crippen molar-refractivity contribution < 1.29 is 18.7 Å². The van der Waals surface area contributed by atoms with Crippen LogP contribution in [-0.4, -0.2) is 43.0 Å². The van der Waals surface area contributed by atoms with Gasteiger partial charge in [0.05, 0.1) is 25.5 Å². The van der Waals surface area contributed by atoms with Crippen LogP contribution in [0, 0.1) is 0 Å². The maximum absolute atomic E-state index is 14.7. The van der Waals surface area contributed by atoms with Gasteiger partial charge < -0.3 is 20.3 Å². The van der Waals surface area contributed by atoms with Crippen molar-refractivity contribution in [2.45, 2.75) is 25.6 Å². The molecule has 1 unspecified atom stereocenters. The summed E-state index contributed by atoms with van der Waals surface area (Å²) in [6, 6.07) is 13.0. The number of benzene rings is 2. The number of halogens is 1. The number of carbonyl (C=O) groups is 2. The fourth-order valence-corrected chi connectivity index (χ4v) is 4.82. The van der Waals surface area contributed by atoms with E-state index in [2.05, 4.69) is 32.7 Å². The molecule has 5 rings (SSSR count). The normalized spacial score (nSPS) is 19.2. The molecule has 9 heteroatoms. The van der Waals surface area contributed by atoms with Crippen molar-refractivity contribution in [3.05, 3.63) is 64.5 Å². The van der Waals surface area contributed by atoms with Gasteiger partial charge in [-0.3, -0.25) is 9.59 Å². The quantitative estimate of drug-likeness (QED) is 0.555. The van der Waals surface area contributed by atoms with Crippen LogP contribution < -0.4 is 15.5 Å². The van der Waals surface area contributed by atoms with E-state index >= 15 is 0 Å². The van der Waals surface area contributed by atoms with Crippen LogP contribution in [0.2, 0.25) is 0 Å². The summed E-state index contributed by atoms with van der Waals surface area (Å²) in [5, 5.41) is 7.68. The summed E-state index contributed by atoms with van der Waals surface area (Å²) >= 11 is 1.33. The number of thiazole rings is 1. The Morgan fingerprint density at radius 1 is 1.24 bits per heavy atom. The molecule has 1 aromatic heterocycles. The van der Waals surface area contributed by atoms with E-state index in [0.717, 1.165) is 29.9 Å². The molecule has 2 aliphatic heterocycles. The smallest absolute Gasteiger partial charge is 0.251 e. The lowest BCUT2D eigenvalue weighted by Gasteiger charge is -2.33. The monoisotopic (exact) mass is 480 g/mol. The van der Waals surface area contributed by atoms with Gasteiger partial charge in [0.15, 0.2) is 10.8 Å². The highest BCUT2D eigenvalue weighted by Gasteiger charge is 2.33. The van der Waals surface area contributed by atoms with Crippen molar-refractivity contribution in [2.75, 3.05) is 36.5 Å².